The van der Waals surface area contributed by atoms with E-state index in [0.717, 1.165) is 11.1 Å². The largest absolute Gasteiger partial charge is 1.00 e. The van der Waals surface area contributed by atoms with Crippen LogP contribution in [0.2, 0.25) is 0 Å². The fourth-order valence-corrected chi connectivity index (χ4v) is 1.04. The van der Waals surface area contributed by atoms with Gasteiger partial charge in [0.2, 0.25) is 0 Å². The van der Waals surface area contributed by atoms with Crippen molar-refractivity contribution in [3.05, 3.63) is 34.9 Å². The second-order valence-electron chi connectivity index (χ2n) is 2.61. The van der Waals surface area contributed by atoms with Gasteiger partial charge in [-0.1, -0.05) is 23.8 Å². The van der Waals surface area contributed by atoms with Gasteiger partial charge in [-0.05, 0) is 19.4 Å². The van der Waals surface area contributed by atoms with E-state index in [1.165, 1.54) is 0 Å². The summed E-state index contributed by atoms with van der Waals surface area (Å²) < 4.78 is 0. The Labute approximate surface area is 114 Å². The summed E-state index contributed by atoms with van der Waals surface area (Å²) in [6, 6.07) is 5.16. The zero-order chi connectivity index (χ0) is 8.43. The van der Waals surface area contributed by atoms with Crippen LogP contribution in [0.5, 0.6) is 0 Å². The number of hydrogen-bond acceptors (Lipinski definition) is 2. The van der Waals surface area contributed by atoms with Gasteiger partial charge in [0.1, 0.15) is 0 Å². The summed E-state index contributed by atoms with van der Waals surface area (Å²) in [6.45, 7) is 3.68. The maximum atomic E-state index is 10.4. The van der Waals surface area contributed by atoms with Crippen LogP contribution in [0.1, 0.15) is 21.5 Å². The molecule has 0 atom stereocenters. The second kappa shape index (κ2) is 5.14. The minimum Gasteiger partial charge on any atom is -0.545 e. The topological polar surface area (TPSA) is 40.1 Å². The zero-order valence-electron chi connectivity index (χ0n) is 7.55. The predicted molar refractivity (Wildman–Crippen MR) is 40.2 cm³/mol. The van der Waals surface area contributed by atoms with Crippen molar-refractivity contribution >= 4 is 5.97 Å². The molecule has 0 fully saturated rings. The van der Waals surface area contributed by atoms with Crippen LogP contribution >= 0.6 is 0 Å². The number of carbonyl (C=O) groups is 1. The summed E-state index contributed by atoms with van der Waals surface area (Å²) in [5.41, 5.74) is 2.09. The minimum atomic E-state index is -1.11. The molecule has 12 heavy (non-hydrogen) atoms. The Hall–Kier alpha value is 0.326. The van der Waals surface area contributed by atoms with Crippen LogP contribution in [0, 0.1) is 13.8 Å². The summed E-state index contributed by atoms with van der Waals surface area (Å²) >= 11 is 0. The number of benzene rings is 1. The molecular weight excluding hydrogens is 179 g/mol. The van der Waals surface area contributed by atoms with Gasteiger partial charge in [-0.2, -0.15) is 0 Å². The molecule has 0 aliphatic heterocycles. The number of aryl methyl sites for hydroxylation is 2. The first-order valence-corrected chi connectivity index (χ1v) is 3.40. The standard InChI is InChI=1S/C9H10O2.K/c1-6-3-4-8(9(10)11)7(2)5-6;/h3-5H,1-2H3,(H,10,11);/q;+1/p-1. The molecule has 0 aliphatic carbocycles. The van der Waals surface area contributed by atoms with Gasteiger partial charge in [0, 0.05) is 5.56 Å². The van der Waals surface area contributed by atoms with Crippen LogP contribution in [0.15, 0.2) is 18.2 Å². The summed E-state index contributed by atoms with van der Waals surface area (Å²) in [5.74, 6) is -1.11. The Kier molecular flexibility index (Phi) is 5.28. The molecule has 0 aliphatic rings. The van der Waals surface area contributed by atoms with E-state index in [4.69, 9.17) is 0 Å². The van der Waals surface area contributed by atoms with E-state index in [1.807, 2.05) is 13.0 Å². The molecule has 1 rings (SSSR count). The molecular formula is C9H9KO2. The van der Waals surface area contributed by atoms with E-state index in [2.05, 4.69) is 0 Å². The van der Waals surface area contributed by atoms with Crippen molar-refractivity contribution in [2.75, 3.05) is 0 Å². The zero-order valence-corrected chi connectivity index (χ0v) is 10.7. The molecule has 0 aromatic heterocycles. The third-order valence-electron chi connectivity index (χ3n) is 1.60. The Morgan fingerprint density at radius 1 is 1.33 bits per heavy atom. The molecule has 0 heterocycles. The first-order chi connectivity index (χ1) is 5.11. The van der Waals surface area contributed by atoms with Gasteiger partial charge in [0.15, 0.2) is 0 Å². The predicted octanol–water partition coefficient (Wildman–Crippen LogP) is -2.33. The van der Waals surface area contributed by atoms with E-state index in [1.54, 1.807) is 19.1 Å². The molecule has 0 unspecified atom stereocenters. The van der Waals surface area contributed by atoms with E-state index in [9.17, 15) is 9.90 Å². The molecule has 1 aromatic rings. The quantitative estimate of drug-likeness (QED) is 0.464. The van der Waals surface area contributed by atoms with E-state index in [0.29, 0.717) is 0 Å². The van der Waals surface area contributed by atoms with E-state index >= 15 is 0 Å². The Morgan fingerprint density at radius 2 is 1.92 bits per heavy atom. The number of rotatable bonds is 1. The van der Waals surface area contributed by atoms with Crippen LogP contribution < -0.4 is 56.5 Å². The van der Waals surface area contributed by atoms with Crippen molar-refractivity contribution < 1.29 is 61.3 Å². The molecule has 0 amide bonds. The molecule has 1 aromatic carbocycles. The van der Waals surface area contributed by atoms with Crippen molar-refractivity contribution in [3.63, 3.8) is 0 Å². The average Bonchev–Trinajstić information content (AvgIpc) is 1.85. The van der Waals surface area contributed by atoms with Crippen molar-refractivity contribution in [1.29, 1.82) is 0 Å². The maximum absolute atomic E-state index is 10.4. The summed E-state index contributed by atoms with van der Waals surface area (Å²) in [5, 5.41) is 10.4. The fourth-order valence-electron chi connectivity index (χ4n) is 1.04. The molecule has 2 nitrogen and oxygen atoms in total. The number of hydrogen-bond donors (Lipinski definition) is 0. The molecule has 0 saturated heterocycles. The molecule has 58 valence electrons. The minimum absolute atomic E-state index is 0. The monoisotopic (exact) mass is 188 g/mol. The van der Waals surface area contributed by atoms with E-state index < -0.39 is 5.97 Å². The Morgan fingerprint density at radius 3 is 2.33 bits per heavy atom. The molecule has 0 saturated carbocycles. The van der Waals surface area contributed by atoms with Crippen molar-refractivity contribution in [2.24, 2.45) is 0 Å². The average molecular weight is 188 g/mol. The molecule has 0 spiro atoms. The van der Waals surface area contributed by atoms with Gasteiger partial charge in [0.05, 0.1) is 5.97 Å². The fraction of sp³-hybridized carbons (Fsp3) is 0.222. The van der Waals surface area contributed by atoms with Gasteiger partial charge >= 0.3 is 51.4 Å². The van der Waals surface area contributed by atoms with Gasteiger partial charge < -0.3 is 9.90 Å². The third-order valence-corrected chi connectivity index (χ3v) is 1.60. The van der Waals surface area contributed by atoms with Crippen molar-refractivity contribution in [2.45, 2.75) is 13.8 Å². The normalized spacial score (nSPS) is 8.83. The van der Waals surface area contributed by atoms with Crippen molar-refractivity contribution in [1.82, 2.24) is 0 Å². The molecule has 3 heteroatoms. The SMILES string of the molecule is Cc1ccc(C(=O)[O-])c(C)c1.[K+]. The number of carboxylic acid groups (broad SMARTS) is 1. The van der Waals surface area contributed by atoms with Crippen LogP contribution in [-0.2, 0) is 0 Å². The van der Waals surface area contributed by atoms with Crippen molar-refractivity contribution in [3.8, 4) is 0 Å². The smallest absolute Gasteiger partial charge is 0.545 e. The van der Waals surface area contributed by atoms with Gasteiger partial charge in [0.25, 0.3) is 0 Å². The number of carbonyl (C=O) groups excluding carboxylic acids is 1. The summed E-state index contributed by atoms with van der Waals surface area (Å²) in [6.07, 6.45) is 0. The molecule has 0 radical (unpaired) electrons. The van der Waals surface area contributed by atoms with Gasteiger partial charge in [-0.15, -0.1) is 0 Å². The molecule has 0 N–H and O–H groups in total. The molecule has 0 bridgehead atoms. The Balaban J connectivity index is 0.00000121. The maximum Gasteiger partial charge on any atom is 1.00 e. The van der Waals surface area contributed by atoms with Crippen LogP contribution in [0.3, 0.4) is 0 Å². The van der Waals surface area contributed by atoms with Crippen LogP contribution in [0.25, 0.3) is 0 Å². The Bertz CT molecular complexity index is 295. The summed E-state index contributed by atoms with van der Waals surface area (Å²) in [7, 11) is 0. The van der Waals surface area contributed by atoms with Gasteiger partial charge in [-0.25, -0.2) is 0 Å². The van der Waals surface area contributed by atoms with E-state index in [-0.39, 0.29) is 56.9 Å². The summed E-state index contributed by atoms with van der Waals surface area (Å²) in [4.78, 5) is 10.4. The first kappa shape index (κ1) is 12.3. The first-order valence-electron chi connectivity index (χ1n) is 3.40. The number of carboxylic acids is 1. The third kappa shape index (κ3) is 2.99. The van der Waals surface area contributed by atoms with Gasteiger partial charge in [-0.3, -0.25) is 0 Å². The second-order valence-corrected chi connectivity index (χ2v) is 2.61. The van der Waals surface area contributed by atoms with Crippen LogP contribution in [-0.4, -0.2) is 5.97 Å². The van der Waals surface area contributed by atoms with Crippen LogP contribution in [0.4, 0.5) is 0 Å². The number of aromatic carboxylic acids is 1.